The zero-order valence-electron chi connectivity index (χ0n) is 13.9. The summed E-state index contributed by atoms with van der Waals surface area (Å²) in [5.74, 6) is 7.32. The molecule has 0 aliphatic heterocycles. The Morgan fingerprint density at radius 1 is 0.880 bits per heavy atom. The average Bonchev–Trinajstić information content (AvgIpc) is 2.67. The lowest BCUT2D eigenvalue weighted by Crippen LogP contribution is -2.09. The molecule has 1 atom stereocenters. The van der Waals surface area contributed by atoms with E-state index in [1.165, 1.54) is 0 Å². The third kappa shape index (κ3) is 4.56. The number of ether oxygens (including phenoxy) is 1. The zero-order chi connectivity index (χ0) is 17.5. The Kier molecular flexibility index (Phi) is 5.61. The molecule has 3 aromatic rings. The van der Waals surface area contributed by atoms with Crippen molar-refractivity contribution in [3.63, 3.8) is 0 Å². The van der Waals surface area contributed by atoms with Crippen LogP contribution in [-0.4, -0.2) is 7.11 Å². The van der Waals surface area contributed by atoms with Gasteiger partial charge >= 0.3 is 0 Å². The van der Waals surface area contributed by atoms with Crippen LogP contribution in [0.4, 0.5) is 5.69 Å². The van der Waals surface area contributed by atoms with Crippen LogP contribution in [0.2, 0.25) is 5.02 Å². The summed E-state index contributed by atoms with van der Waals surface area (Å²) < 4.78 is 5.43. The Morgan fingerprint density at radius 2 is 1.56 bits per heavy atom. The van der Waals surface area contributed by atoms with Gasteiger partial charge in [-0.3, -0.25) is 0 Å². The lowest BCUT2D eigenvalue weighted by molar-refractivity contribution is 0.416. The molecule has 0 fully saturated rings. The molecule has 0 spiro atoms. The summed E-state index contributed by atoms with van der Waals surface area (Å²) in [5, 5.41) is 4.17. The molecule has 2 nitrogen and oxygen atoms in total. The lowest BCUT2D eigenvalue weighted by Gasteiger charge is -2.17. The molecule has 0 bridgehead atoms. The molecule has 3 heteroatoms. The first-order chi connectivity index (χ1) is 12.3. The van der Waals surface area contributed by atoms with Crippen LogP contribution in [0.25, 0.3) is 0 Å². The van der Waals surface area contributed by atoms with E-state index in [1.54, 1.807) is 7.11 Å². The molecule has 0 aliphatic rings. The van der Waals surface area contributed by atoms with Crippen molar-refractivity contribution in [1.29, 1.82) is 0 Å². The molecule has 0 saturated heterocycles. The number of rotatable bonds is 4. The van der Waals surface area contributed by atoms with Crippen molar-refractivity contribution in [1.82, 2.24) is 0 Å². The van der Waals surface area contributed by atoms with E-state index in [0.29, 0.717) is 5.02 Å². The number of benzene rings is 3. The zero-order valence-corrected chi connectivity index (χ0v) is 14.6. The third-order valence-corrected chi connectivity index (χ3v) is 4.00. The summed E-state index contributed by atoms with van der Waals surface area (Å²) in [4.78, 5) is 0. The molecule has 1 unspecified atom stereocenters. The van der Waals surface area contributed by atoms with Crippen LogP contribution in [0.1, 0.15) is 17.2 Å². The molecule has 3 rings (SSSR count). The van der Waals surface area contributed by atoms with E-state index in [4.69, 9.17) is 16.3 Å². The smallest absolute Gasteiger partial charge is 0.141 e. The Labute approximate surface area is 153 Å². The maximum Gasteiger partial charge on any atom is 0.141 e. The van der Waals surface area contributed by atoms with Gasteiger partial charge in [0, 0.05) is 10.6 Å². The summed E-state index contributed by atoms with van der Waals surface area (Å²) >= 11 is 6.02. The minimum atomic E-state index is -0.186. The number of para-hydroxylation sites is 2. The first-order valence-corrected chi connectivity index (χ1v) is 8.35. The first kappa shape index (κ1) is 17.0. The number of methoxy groups -OCH3 is 1. The highest BCUT2D eigenvalue weighted by atomic mass is 35.5. The van der Waals surface area contributed by atoms with E-state index in [2.05, 4.69) is 17.2 Å². The van der Waals surface area contributed by atoms with Gasteiger partial charge in [0.15, 0.2) is 0 Å². The number of anilines is 1. The molecule has 0 aliphatic carbocycles. The van der Waals surface area contributed by atoms with Crippen LogP contribution >= 0.6 is 11.6 Å². The quantitative estimate of drug-likeness (QED) is 0.624. The van der Waals surface area contributed by atoms with E-state index in [-0.39, 0.29) is 6.04 Å². The van der Waals surface area contributed by atoms with E-state index in [0.717, 1.165) is 22.6 Å². The van der Waals surface area contributed by atoms with Crippen molar-refractivity contribution < 1.29 is 4.74 Å². The van der Waals surface area contributed by atoms with Gasteiger partial charge in [0.2, 0.25) is 0 Å². The van der Waals surface area contributed by atoms with Gasteiger partial charge in [-0.2, -0.15) is 0 Å². The van der Waals surface area contributed by atoms with Crippen LogP contribution in [0.3, 0.4) is 0 Å². The fourth-order valence-corrected chi connectivity index (χ4v) is 2.58. The molecule has 3 aromatic carbocycles. The molecule has 0 aromatic heterocycles. The van der Waals surface area contributed by atoms with Crippen molar-refractivity contribution in [2.45, 2.75) is 6.04 Å². The summed E-state index contributed by atoms with van der Waals surface area (Å²) in [6, 6.07) is 25.3. The third-order valence-electron chi connectivity index (χ3n) is 3.74. The van der Waals surface area contributed by atoms with Crippen LogP contribution in [-0.2, 0) is 0 Å². The Morgan fingerprint density at radius 3 is 2.28 bits per heavy atom. The van der Waals surface area contributed by atoms with E-state index in [9.17, 15) is 0 Å². The molecular weight excluding hydrogens is 330 g/mol. The summed E-state index contributed by atoms with van der Waals surface area (Å²) in [5.41, 5.74) is 2.91. The normalized spacial score (nSPS) is 11.1. The summed E-state index contributed by atoms with van der Waals surface area (Å²) in [6.07, 6.45) is 0. The van der Waals surface area contributed by atoms with Gasteiger partial charge < -0.3 is 10.1 Å². The lowest BCUT2D eigenvalue weighted by atomic mass is 10.1. The number of halogens is 1. The van der Waals surface area contributed by atoms with Crippen LogP contribution in [0.15, 0.2) is 78.9 Å². The highest BCUT2D eigenvalue weighted by Gasteiger charge is 2.11. The van der Waals surface area contributed by atoms with Gasteiger partial charge in [0.25, 0.3) is 0 Å². The van der Waals surface area contributed by atoms with Crippen LogP contribution in [0, 0.1) is 11.8 Å². The largest absolute Gasteiger partial charge is 0.495 e. The van der Waals surface area contributed by atoms with Crippen molar-refractivity contribution >= 4 is 17.3 Å². The fourth-order valence-electron chi connectivity index (χ4n) is 2.45. The van der Waals surface area contributed by atoms with Gasteiger partial charge in [-0.05, 0) is 42.0 Å². The second kappa shape index (κ2) is 8.28. The maximum atomic E-state index is 6.02. The van der Waals surface area contributed by atoms with E-state index < -0.39 is 0 Å². The second-order valence-electron chi connectivity index (χ2n) is 5.46. The minimum Gasteiger partial charge on any atom is -0.495 e. The molecule has 1 N–H and O–H groups in total. The maximum absolute atomic E-state index is 6.02. The van der Waals surface area contributed by atoms with Gasteiger partial charge in [0.05, 0.1) is 12.8 Å². The SMILES string of the molecule is COc1ccccc1NC(C#Cc1ccccc1)c1ccc(Cl)cc1. The molecular formula is C22H18ClNO. The highest BCUT2D eigenvalue weighted by Crippen LogP contribution is 2.28. The number of hydrogen-bond acceptors (Lipinski definition) is 2. The van der Waals surface area contributed by atoms with Crippen LogP contribution < -0.4 is 10.1 Å². The predicted octanol–water partition coefficient (Wildman–Crippen LogP) is 5.55. The first-order valence-electron chi connectivity index (χ1n) is 7.98. The molecule has 0 amide bonds. The Bertz CT molecular complexity index is 879. The monoisotopic (exact) mass is 347 g/mol. The number of nitrogens with one attached hydrogen (secondary N) is 1. The van der Waals surface area contributed by atoms with E-state index in [1.807, 2.05) is 78.9 Å². The standard InChI is InChI=1S/C22H18ClNO/c1-25-22-10-6-5-9-21(22)24-20(18-12-14-19(23)15-13-18)16-11-17-7-3-2-4-8-17/h2-10,12-15,20,24H,1H3. The average molecular weight is 348 g/mol. The van der Waals surface area contributed by atoms with Gasteiger partial charge in [-0.1, -0.05) is 65.9 Å². The van der Waals surface area contributed by atoms with Crippen LogP contribution in [0.5, 0.6) is 5.75 Å². The fraction of sp³-hybridized carbons (Fsp3) is 0.0909. The van der Waals surface area contributed by atoms with Crippen molar-refractivity contribution in [3.05, 3.63) is 95.0 Å². The second-order valence-corrected chi connectivity index (χ2v) is 5.90. The highest BCUT2D eigenvalue weighted by molar-refractivity contribution is 6.30. The van der Waals surface area contributed by atoms with E-state index >= 15 is 0 Å². The Hall–Kier alpha value is -2.89. The van der Waals surface area contributed by atoms with Crippen molar-refractivity contribution in [3.8, 4) is 17.6 Å². The molecule has 124 valence electrons. The van der Waals surface area contributed by atoms with Crippen molar-refractivity contribution in [2.24, 2.45) is 0 Å². The molecule has 0 radical (unpaired) electrons. The summed E-state index contributed by atoms with van der Waals surface area (Å²) in [6.45, 7) is 0. The molecule has 25 heavy (non-hydrogen) atoms. The van der Waals surface area contributed by atoms with Crippen molar-refractivity contribution in [2.75, 3.05) is 12.4 Å². The molecule has 0 saturated carbocycles. The van der Waals surface area contributed by atoms with Gasteiger partial charge in [-0.15, -0.1) is 0 Å². The van der Waals surface area contributed by atoms with Gasteiger partial charge in [0.1, 0.15) is 11.8 Å². The topological polar surface area (TPSA) is 21.3 Å². The predicted molar refractivity (Wildman–Crippen MR) is 104 cm³/mol. The molecule has 0 heterocycles. The Balaban J connectivity index is 1.94. The summed E-state index contributed by atoms with van der Waals surface area (Å²) in [7, 11) is 1.66. The minimum absolute atomic E-state index is 0.186. The number of hydrogen-bond donors (Lipinski definition) is 1. The van der Waals surface area contributed by atoms with Gasteiger partial charge in [-0.25, -0.2) is 0 Å².